The molecule has 0 heterocycles. The van der Waals surface area contributed by atoms with Crippen molar-refractivity contribution in [2.45, 2.75) is 77.6 Å². The van der Waals surface area contributed by atoms with Crippen LogP contribution in [0.15, 0.2) is 24.3 Å². The first-order chi connectivity index (χ1) is 14.6. The molecule has 4 aliphatic carbocycles. The standard InChI is InChI=1S/C26H36O4/c1-2-3-4-5-8-11-29-24(27)22-9-6-7-10-23(22)25(28)30-18-26-15-19-12-20(16-26)14-21(13-19)17-26/h6-7,9-10,19-21H,2-5,8,11-18H2,1H3. The number of rotatable bonds is 10. The molecule has 1 aromatic rings. The molecule has 0 amide bonds. The molecule has 0 atom stereocenters. The fourth-order valence-electron chi connectivity index (χ4n) is 6.55. The Morgan fingerprint density at radius 1 is 0.833 bits per heavy atom. The minimum atomic E-state index is -0.423. The lowest BCUT2D eigenvalue weighted by Gasteiger charge is -2.56. The third-order valence-corrected chi connectivity index (χ3v) is 7.52. The number of carbonyl (C=O) groups is 2. The normalized spacial score (nSPS) is 29.0. The van der Waals surface area contributed by atoms with Gasteiger partial charge in [-0.15, -0.1) is 0 Å². The molecule has 0 saturated heterocycles. The Morgan fingerprint density at radius 3 is 1.93 bits per heavy atom. The minimum Gasteiger partial charge on any atom is -0.462 e. The number of unbranched alkanes of at least 4 members (excludes halogenated alkanes) is 4. The lowest BCUT2D eigenvalue weighted by atomic mass is 9.50. The van der Waals surface area contributed by atoms with E-state index < -0.39 is 5.97 Å². The van der Waals surface area contributed by atoms with E-state index in [0.717, 1.165) is 30.6 Å². The largest absolute Gasteiger partial charge is 0.462 e. The van der Waals surface area contributed by atoms with E-state index in [2.05, 4.69) is 6.92 Å². The van der Waals surface area contributed by atoms with Gasteiger partial charge in [0.2, 0.25) is 0 Å². The lowest BCUT2D eigenvalue weighted by Crippen LogP contribution is -2.48. The van der Waals surface area contributed by atoms with Gasteiger partial charge in [0.05, 0.1) is 24.3 Å². The number of carbonyl (C=O) groups excluding carboxylic acids is 2. The van der Waals surface area contributed by atoms with Crippen molar-refractivity contribution in [2.75, 3.05) is 13.2 Å². The van der Waals surface area contributed by atoms with Crippen molar-refractivity contribution >= 4 is 11.9 Å². The molecule has 5 rings (SSSR count). The van der Waals surface area contributed by atoms with Gasteiger partial charge in [-0.2, -0.15) is 0 Å². The van der Waals surface area contributed by atoms with Gasteiger partial charge < -0.3 is 9.47 Å². The van der Waals surface area contributed by atoms with Crippen LogP contribution in [-0.4, -0.2) is 25.2 Å². The van der Waals surface area contributed by atoms with Gasteiger partial charge in [0, 0.05) is 5.41 Å². The molecule has 0 spiro atoms. The molecular weight excluding hydrogens is 376 g/mol. The summed E-state index contributed by atoms with van der Waals surface area (Å²) in [4.78, 5) is 25.4. The molecule has 4 nitrogen and oxygen atoms in total. The summed E-state index contributed by atoms with van der Waals surface area (Å²) < 4.78 is 11.3. The van der Waals surface area contributed by atoms with Crippen molar-refractivity contribution in [3.8, 4) is 0 Å². The molecule has 30 heavy (non-hydrogen) atoms. The predicted molar refractivity (Wildman–Crippen MR) is 116 cm³/mol. The van der Waals surface area contributed by atoms with Gasteiger partial charge in [-0.3, -0.25) is 0 Å². The van der Waals surface area contributed by atoms with Crippen molar-refractivity contribution < 1.29 is 19.1 Å². The van der Waals surface area contributed by atoms with Crippen LogP contribution < -0.4 is 0 Å². The average Bonchev–Trinajstić information content (AvgIpc) is 2.73. The van der Waals surface area contributed by atoms with Crippen LogP contribution in [0.2, 0.25) is 0 Å². The number of benzene rings is 1. The highest BCUT2D eigenvalue weighted by atomic mass is 16.5. The molecule has 0 radical (unpaired) electrons. The van der Waals surface area contributed by atoms with Crippen LogP contribution in [0.4, 0.5) is 0 Å². The summed E-state index contributed by atoms with van der Waals surface area (Å²) in [5.74, 6) is 1.67. The molecule has 4 saturated carbocycles. The van der Waals surface area contributed by atoms with E-state index in [4.69, 9.17) is 9.47 Å². The van der Waals surface area contributed by atoms with E-state index in [9.17, 15) is 9.59 Å². The second kappa shape index (κ2) is 9.53. The second-order valence-electron chi connectivity index (χ2n) is 10.1. The molecule has 0 aromatic heterocycles. The summed E-state index contributed by atoms with van der Waals surface area (Å²) in [6.45, 7) is 3.08. The zero-order valence-electron chi connectivity index (χ0n) is 18.4. The van der Waals surface area contributed by atoms with Gasteiger partial charge >= 0.3 is 11.9 Å². The van der Waals surface area contributed by atoms with E-state index in [1.54, 1.807) is 24.3 Å². The zero-order valence-corrected chi connectivity index (χ0v) is 18.4. The first-order valence-electron chi connectivity index (χ1n) is 12.0. The molecular formula is C26H36O4. The van der Waals surface area contributed by atoms with Crippen LogP contribution in [0.3, 0.4) is 0 Å². The first-order valence-corrected chi connectivity index (χ1v) is 12.0. The Balaban J connectivity index is 1.32. The van der Waals surface area contributed by atoms with Crippen molar-refractivity contribution in [1.82, 2.24) is 0 Å². The van der Waals surface area contributed by atoms with Crippen molar-refractivity contribution in [3.63, 3.8) is 0 Å². The monoisotopic (exact) mass is 412 g/mol. The van der Waals surface area contributed by atoms with Gasteiger partial charge in [0.1, 0.15) is 0 Å². The quantitative estimate of drug-likeness (QED) is 0.340. The van der Waals surface area contributed by atoms with E-state index >= 15 is 0 Å². The van der Waals surface area contributed by atoms with Gasteiger partial charge in [0.25, 0.3) is 0 Å². The summed E-state index contributed by atoms with van der Waals surface area (Å²) >= 11 is 0. The van der Waals surface area contributed by atoms with Crippen LogP contribution in [0.25, 0.3) is 0 Å². The van der Waals surface area contributed by atoms with Crippen LogP contribution >= 0.6 is 0 Å². The Hall–Kier alpha value is -1.84. The van der Waals surface area contributed by atoms with E-state index in [1.165, 1.54) is 57.8 Å². The van der Waals surface area contributed by atoms with E-state index in [-0.39, 0.29) is 11.4 Å². The Kier molecular flexibility index (Phi) is 6.80. The molecule has 164 valence electrons. The highest BCUT2D eigenvalue weighted by molar-refractivity contribution is 6.03. The van der Waals surface area contributed by atoms with Crippen LogP contribution in [0.5, 0.6) is 0 Å². The van der Waals surface area contributed by atoms with Crippen molar-refractivity contribution in [1.29, 1.82) is 0 Å². The maximum absolute atomic E-state index is 12.9. The van der Waals surface area contributed by atoms with Gasteiger partial charge in [-0.25, -0.2) is 9.59 Å². The summed E-state index contributed by atoms with van der Waals surface area (Å²) in [6.07, 6.45) is 13.2. The van der Waals surface area contributed by atoms with Crippen molar-refractivity contribution in [2.24, 2.45) is 23.2 Å². The topological polar surface area (TPSA) is 52.6 Å². The van der Waals surface area contributed by atoms with Crippen LogP contribution in [-0.2, 0) is 9.47 Å². The summed E-state index contributed by atoms with van der Waals surface area (Å²) in [7, 11) is 0. The average molecular weight is 413 g/mol. The Morgan fingerprint density at radius 2 is 1.37 bits per heavy atom. The summed E-state index contributed by atoms with van der Waals surface area (Å²) in [5.41, 5.74) is 0.831. The SMILES string of the molecule is CCCCCCCOC(=O)c1ccccc1C(=O)OCC12CC3CC(CC(C3)C1)C2. The minimum absolute atomic E-state index is 0.179. The number of esters is 2. The highest BCUT2D eigenvalue weighted by Crippen LogP contribution is 2.60. The molecule has 4 aliphatic rings. The fourth-order valence-corrected chi connectivity index (χ4v) is 6.55. The van der Waals surface area contributed by atoms with E-state index in [0.29, 0.717) is 24.3 Å². The molecule has 4 heteroatoms. The highest BCUT2D eigenvalue weighted by Gasteiger charge is 2.51. The van der Waals surface area contributed by atoms with Crippen LogP contribution in [0.1, 0.15) is 98.3 Å². The summed E-state index contributed by atoms with van der Waals surface area (Å²) in [6, 6.07) is 6.90. The van der Waals surface area contributed by atoms with Crippen LogP contribution in [0, 0.1) is 23.2 Å². The maximum atomic E-state index is 12.9. The molecule has 4 fully saturated rings. The smallest absolute Gasteiger partial charge is 0.339 e. The molecule has 1 aromatic carbocycles. The second-order valence-corrected chi connectivity index (χ2v) is 10.1. The molecule has 0 aliphatic heterocycles. The van der Waals surface area contributed by atoms with Gasteiger partial charge in [0.15, 0.2) is 0 Å². The number of hydrogen-bond donors (Lipinski definition) is 0. The van der Waals surface area contributed by atoms with Gasteiger partial charge in [-0.1, -0.05) is 44.7 Å². The third kappa shape index (κ3) is 4.90. The first kappa shape index (κ1) is 21.4. The Bertz CT molecular complexity index is 718. The van der Waals surface area contributed by atoms with Gasteiger partial charge in [-0.05, 0) is 74.8 Å². The van der Waals surface area contributed by atoms with E-state index in [1.807, 2.05) is 0 Å². The third-order valence-electron chi connectivity index (χ3n) is 7.52. The van der Waals surface area contributed by atoms with Crippen molar-refractivity contribution in [3.05, 3.63) is 35.4 Å². The summed E-state index contributed by atoms with van der Waals surface area (Å²) in [5, 5.41) is 0. The maximum Gasteiger partial charge on any atom is 0.339 e. The predicted octanol–water partition coefficient (Wildman–Crippen LogP) is 6.19. The number of hydrogen-bond acceptors (Lipinski definition) is 4. The molecule has 0 N–H and O–H groups in total. The zero-order chi connectivity index (χ0) is 21.0. The Labute approximate surface area is 180 Å². The molecule has 4 bridgehead atoms. The fraction of sp³-hybridized carbons (Fsp3) is 0.692. The number of ether oxygens (including phenoxy) is 2. The molecule has 0 unspecified atom stereocenters. The lowest BCUT2D eigenvalue weighted by molar-refractivity contribution is -0.0848.